The second kappa shape index (κ2) is 3.78. The van der Waals surface area contributed by atoms with Crippen LogP contribution in [-0.2, 0) is 0 Å². The fourth-order valence-electron chi connectivity index (χ4n) is 1.30. The molecular formula is C10H9AlNO. The van der Waals surface area contributed by atoms with E-state index in [9.17, 15) is 5.11 Å². The Bertz CT molecular complexity index is 388. The van der Waals surface area contributed by atoms with Crippen molar-refractivity contribution in [3.8, 4) is 5.75 Å². The highest BCUT2D eigenvalue weighted by Crippen LogP contribution is 2.24. The van der Waals surface area contributed by atoms with Gasteiger partial charge in [0.25, 0.3) is 0 Å². The smallest absolute Gasteiger partial charge is 0.141 e. The summed E-state index contributed by atoms with van der Waals surface area (Å²) in [5, 5.41) is 10.4. The first-order valence-electron chi connectivity index (χ1n) is 3.82. The standard InChI is InChI=1S/C10H9NO.Al/c1-7-4-5-9(12)10-8(7)3-2-6-11-10;/h2-6,12H,1H3;. The zero-order valence-corrected chi connectivity index (χ0v) is 8.51. The van der Waals surface area contributed by atoms with Crippen LogP contribution in [0, 0.1) is 6.92 Å². The first kappa shape index (κ1) is 10.0. The van der Waals surface area contributed by atoms with Gasteiger partial charge in [0.15, 0.2) is 0 Å². The predicted molar refractivity (Wildman–Crippen MR) is 53.9 cm³/mol. The molecule has 1 heterocycles. The maximum absolute atomic E-state index is 9.43. The summed E-state index contributed by atoms with van der Waals surface area (Å²) in [5.74, 6) is 0.246. The molecule has 0 aliphatic carbocycles. The Morgan fingerprint density at radius 3 is 2.69 bits per heavy atom. The second-order valence-corrected chi connectivity index (χ2v) is 2.80. The molecule has 0 bridgehead atoms. The molecular weight excluding hydrogens is 177 g/mol. The van der Waals surface area contributed by atoms with E-state index in [0.717, 1.165) is 10.9 Å². The van der Waals surface area contributed by atoms with Crippen LogP contribution in [0.4, 0.5) is 0 Å². The van der Waals surface area contributed by atoms with Crippen LogP contribution in [0.25, 0.3) is 10.9 Å². The fourth-order valence-corrected chi connectivity index (χ4v) is 1.30. The Labute approximate surface area is 87.4 Å². The average molecular weight is 186 g/mol. The number of phenols is 1. The van der Waals surface area contributed by atoms with Gasteiger partial charge in [-0.1, -0.05) is 12.1 Å². The summed E-state index contributed by atoms with van der Waals surface area (Å²) in [6.07, 6.45) is 1.68. The molecule has 1 N–H and O–H groups in total. The number of aromatic nitrogens is 1. The highest BCUT2D eigenvalue weighted by atomic mass is 27.0. The van der Waals surface area contributed by atoms with Gasteiger partial charge in [-0.2, -0.15) is 0 Å². The number of benzene rings is 1. The number of rotatable bonds is 0. The second-order valence-electron chi connectivity index (χ2n) is 2.80. The molecule has 3 heteroatoms. The molecule has 0 unspecified atom stereocenters. The molecule has 2 aromatic rings. The predicted octanol–water partition coefficient (Wildman–Crippen LogP) is 1.87. The molecule has 2 rings (SSSR count). The van der Waals surface area contributed by atoms with E-state index in [0.29, 0.717) is 5.52 Å². The number of nitrogens with zero attached hydrogens (tertiary/aromatic N) is 1. The van der Waals surface area contributed by atoms with Crippen molar-refractivity contribution in [1.82, 2.24) is 4.98 Å². The zero-order valence-electron chi connectivity index (χ0n) is 7.36. The van der Waals surface area contributed by atoms with Crippen molar-refractivity contribution in [3.63, 3.8) is 0 Å². The minimum absolute atomic E-state index is 0. The third-order valence-corrected chi connectivity index (χ3v) is 1.97. The van der Waals surface area contributed by atoms with Crippen molar-refractivity contribution < 1.29 is 5.11 Å². The Morgan fingerprint density at radius 2 is 2.00 bits per heavy atom. The molecule has 0 atom stereocenters. The molecule has 0 spiro atoms. The Kier molecular flexibility index (Phi) is 2.92. The van der Waals surface area contributed by atoms with Crippen LogP contribution in [0.3, 0.4) is 0 Å². The van der Waals surface area contributed by atoms with Gasteiger partial charge in [0, 0.05) is 28.9 Å². The quantitative estimate of drug-likeness (QED) is 0.637. The van der Waals surface area contributed by atoms with Crippen LogP contribution in [0.2, 0.25) is 0 Å². The number of hydrogen-bond acceptors (Lipinski definition) is 2. The number of aryl methyl sites for hydroxylation is 1. The van der Waals surface area contributed by atoms with Gasteiger partial charge in [-0.3, -0.25) is 4.98 Å². The summed E-state index contributed by atoms with van der Waals surface area (Å²) in [6.45, 7) is 2.00. The summed E-state index contributed by atoms with van der Waals surface area (Å²) >= 11 is 0. The molecule has 0 saturated carbocycles. The van der Waals surface area contributed by atoms with Gasteiger partial charge in [-0.05, 0) is 24.6 Å². The van der Waals surface area contributed by atoms with Crippen molar-refractivity contribution in [2.24, 2.45) is 0 Å². The number of phenolic OH excluding ortho intramolecular Hbond substituents is 1. The van der Waals surface area contributed by atoms with E-state index in [1.807, 2.05) is 25.1 Å². The van der Waals surface area contributed by atoms with E-state index in [1.165, 1.54) is 0 Å². The van der Waals surface area contributed by atoms with Gasteiger partial charge in [-0.15, -0.1) is 0 Å². The van der Waals surface area contributed by atoms with E-state index < -0.39 is 0 Å². The molecule has 0 fully saturated rings. The van der Waals surface area contributed by atoms with E-state index in [2.05, 4.69) is 4.98 Å². The lowest BCUT2D eigenvalue weighted by atomic mass is 10.1. The van der Waals surface area contributed by atoms with Crippen LogP contribution in [0.1, 0.15) is 5.56 Å². The highest BCUT2D eigenvalue weighted by molar-refractivity contribution is 5.86. The largest absolute Gasteiger partial charge is 0.506 e. The highest BCUT2D eigenvalue weighted by Gasteiger charge is 2.00. The molecule has 13 heavy (non-hydrogen) atoms. The lowest BCUT2D eigenvalue weighted by Gasteiger charge is -2.01. The van der Waals surface area contributed by atoms with Crippen molar-refractivity contribution in [2.75, 3.05) is 0 Å². The van der Waals surface area contributed by atoms with Crippen molar-refractivity contribution in [2.45, 2.75) is 6.92 Å². The van der Waals surface area contributed by atoms with Crippen molar-refractivity contribution in [1.29, 1.82) is 0 Å². The van der Waals surface area contributed by atoms with E-state index >= 15 is 0 Å². The molecule has 63 valence electrons. The summed E-state index contributed by atoms with van der Waals surface area (Å²) in [6, 6.07) is 7.39. The van der Waals surface area contributed by atoms with Crippen molar-refractivity contribution in [3.05, 3.63) is 36.0 Å². The topological polar surface area (TPSA) is 33.1 Å². The Balaban J connectivity index is 0.000000845. The summed E-state index contributed by atoms with van der Waals surface area (Å²) in [5.41, 5.74) is 1.81. The minimum atomic E-state index is 0. The first-order valence-corrected chi connectivity index (χ1v) is 3.82. The molecule has 1 aromatic carbocycles. The van der Waals surface area contributed by atoms with Crippen LogP contribution in [0.5, 0.6) is 5.75 Å². The number of hydrogen-bond donors (Lipinski definition) is 1. The van der Waals surface area contributed by atoms with Gasteiger partial charge in [-0.25, -0.2) is 0 Å². The third-order valence-electron chi connectivity index (χ3n) is 1.97. The normalized spacial score (nSPS) is 9.62. The molecule has 1 aromatic heterocycles. The maximum Gasteiger partial charge on any atom is 0.141 e. The van der Waals surface area contributed by atoms with Crippen LogP contribution in [-0.4, -0.2) is 27.5 Å². The number of fused-ring (bicyclic) bond motifs is 1. The fraction of sp³-hybridized carbons (Fsp3) is 0.100. The van der Waals surface area contributed by atoms with Gasteiger partial charge in [0.2, 0.25) is 0 Å². The Hall–Kier alpha value is -1.04. The molecule has 0 aliphatic rings. The van der Waals surface area contributed by atoms with E-state index in [-0.39, 0.29) is 23.1 Å². The van der Waals surface area contributed by atoms with Crippen LogP contribution in [0.15, 0.2) is 30.5 Å². The minimum Gasteiger partial charge on any atom is -0.506 e. The Morgan fingerprint density at radius 1 is 1.23 bits per heavy atom. The lowest BCUT2D eigenvalue weighted by molar-refractivity contribution is 0.480. The van der Waals surface area contributed by atoms with Gasteiger partial charge in [0.1, 0.15) is 11.3 Å². The van der Waals surface area contributed by atoms with E-state index in [1.54, 1.807) is 12.3 Å². The van der Waals surface area contributed by atoms with Crippen molar-refractivity contribution >= 4 is 28.3 Å². The summed E-state index contributed by atoms with van der Waals surface area (Å²) in [7, 11) is 0. The summed E-state index contributed by atoms with van der Waals surface area (Å²) < 4.78 is 0. The molecule has 0 amide bonds. The monoisotopic (exact) mass is 186 g/mol. The zero-order chi connectivity index (χ0) is 8.55. The molecule has 3 radical (unpaired) electrons. The molecule has 0 saturated heterocycles. The first-order chi connectivity index (χ1) is 5.79. The SMILES string of the molecule is Cc1ccc(O)c2ncccc12.[Al]. The number of aromatic hydroxyl groups is 1. The lowest BCUT2D eigenvalue weighted by Crippen LogP contribution is -1.81. The van der Waals surface area contributed by atoms with Gasteiger partial charge < -0.3 is 5.11 Å². The van der Waals surface area contributed by atoms with Gasteiger partial charge in [0.05, 0.1) is 0 Å². The maximum atomic E-state index is 9.43. The number of pyridine rings is 1. The van der Waals surface area contributed by atoms with E-state index in [4.69, 9.17) is 0 Å². The third kappa shape index (κ3) is 1.67. The van der Waals surface area contributed by atoms with Crippen LogP contribution >= 0.6 is 0 Å². The molecule has 0 aliphatic heterocycles. The molecule has 2 nitrogen and oxygen atoms in total. The summed E-state index contributed by atoms with van der Waals surface area (Å²) in [4.78, 5) is 4.09. The van der Waals surface area contributed by atoms with Crippen LogP contribution < -0.4 is 0 Å². The van der Waals surface area contributed by atoms with Gasteiger partial charge >= 0.3 is 0 Å². The average Bonchev–Trinajstić information content (AvgIpc) is 2.12.